The van der Waals surface area contributed by atoms with Gasteiger partial charge in [0, 0.05) is 5.69 Å². The Balaban J connectivity index is 1.43. The molecule has 4 aromatic rings. The second-order valence-corrected chi connectivity index (χ2v) is 7.50. The van der Waals surface area contributed by atoms with Crippen LogP contribution in [0.5, 0.6) is 5.75 Å². The van der Waals surface area contributed by atoms with E-state index in [1.54, 1.807) is 22.8 Å². The van der Waals surface area contributed by atoms with Gasteiger partial charge in [-0.05, 0) is 36.4 Å². The molecule has 2 aromatic carbocycles. The van der Waals surface area contributed by atoms with Gasteiger partial charge in [0.15, 0.2) is 28.3 Å². The van der Waals surface area contributed by atoms with E-state index in [0.717, 1.165) is 17.4 Å². The van der Waals surface area contributed by atoms with E-state index in [1.165, 1.54) is 24.5 Å². The predicted molar refractivity (Wildman–Crippen MR) is 117 cm³/mol. The Hall–Kier alpha value is -4.12. The topological polar surface area (TPSA) is 111 Å². The molecule has 0 saturated heterocycles. The van der Waals surface area contributed by atoms with Crippen molar-refractivity contribution in [1.29, 1.82) is 0 Å². The largest absolute Gasteiger partial charge is 0.483 e. The second-order valence-electron chi connectivity index (χ2n) is 6.56. The summed E-state index contributed by atoms with van der Waals surface area (Å²) in [5.74, 6) is -0.945. The molecule has 2 amide bonds. The summed E-state index contributed by atoms with van der Waals surface area (Å²) in [5.41, 5.74) is 5.34. The predicted octanol–water partition coefficient (Wildman–Crippen LogP) is 3.13. The number of thioether (sulfide) groups is 1. The minimum Gasteiger partial charge on any atom is -0.483 e. The van der Waals surface area contributed by atoms with E-state index in [4.69, 9.17) is 9.15 Å². The van der Waals surface area contributed by atoms with Crippen LogP contribution < -0.4 is 15.6 Å². The number of para-hydroxylation sites is 2. The second kappa shape index (κ2) is 10.5. The molecule has 0 saturated carbocycles. The first-order valence-corrected chi connectivity index (χ1v) is 10.7. The molecule has 168 valence electrons. The van der Waals surface area contributed by atoms with Crippen LogP contribution in [0, 0.1) is 5.82 Å². The molecular formula is C22H18FN5O4S. The Labute approximate surface area is 191 Å². The number of aromatic nitrogens is 3. The summed E-state index contributed by atoms with van der Waals surface area (Å²) in [6.45, 7) is -0.0329. The number of nitrogens with one attached hydrogen (secondary N) is 2. The van der Waals surface area contributed by atoms with Crippen molar-refractivity contribution in [2.24, 2.45) is 0 Å². The first-order valence-electron chi connectivity index (χ1n) is 9.74. The number of hydrazine groups is 1. The maximum Gasteiger partial charge on any atom is 0.305 e. The number of rotatable bonds is 8. The van der Waals surface area contributed by atoms with Gasteiger partial charge in [-0.3, -0.25) is 25.0 Å². The number of ether oxygens (including phenoxy) is 1. The number of halogens is 1. The van der Waals surface area contributed by atoms with Gasteiger partial charge in [0.25, 0.3) is 0 Å². The van der Waals surface area contributed by atoms with Gasteiger partial charge in [0.1, 0.15) is 6.61 Å². The van der Waals surface area contributed by atoms with Gasteiger partial charge in [-0.1, -0.05) is 42.1 Å². The van der Waals surface area contributed by atoms with Crippen LogP contribution in [0.2, 0.25) is 0 Å². The first kappa shape index (κ1) is 22.1. The zero-order chi connectivity index (χ0) is 23.0. The minimum atomic E-state index is -0.571. The lowest BCUT2D eigenvalue weighted by Gasteiger charge is -2.11. The van der Waals surface area contributed by atoms with Crippen LogP contribution in [0.1, 0.15) is 16.4 Å². The van der Waals surface area contributed by atoms with E-state index >= 15 is 0 Å². The average Bonchev–Trinajstić information content (AvgIpc) is 3.51. The van der Waals surface area contributed by atoms with E-state index < -0.39 is 17.6 Å². The highest BCUT2D eigenvalue weighted by molar-refractivity contribution is 7.99. The van der Waals surface area contributed by atoms with Gasteiger partial charge in [-0.2, -0.15) is 0 Å². The fourth-order valence-corrected chi connectivity index (χ4v) is 3.56. The van der Waals surface area contributed by atoms with Crippen molar-refractivity contribution in [3.63, 3.8) is 0 Å². The Kier molecular flexibility index (Phi) is 7.00. The summed E-state index contributed by atoms with van der Waals surface area (Å²) in [6.07, 6.45) is 1.36. The van der Waals surface area contributed by atoms with Crippen molar-refractivity contribution < 1.29 is 23.1 Å². The van der Waals surface area contributed by atoms with Gasteiger partial charge in [0.05, 0.1) is 12.0 Å². The van der Waals surface area contributed by atoms with Crippen LogP contribution in [-0.2, 0) is 11.4 Å². The summed E-state index contributed by atoms with van der Waals surface area (Å²) in [7, 11) is 0. The summed E-state index contributed by atoms with van der Waals surface area (Å²) in [6, 6.07) is 18.4. The molecule has 0 aliphatic carbocycles. The Morgan fingerprint density at radius 1 is 1.00 bits per heavy atom. The molecule has 0 bridgehead atoms. The lowest BCUT2D eigenvalue weighted by molar-refractivity contribution is -0.119. The third-order valence-corrected chi connectivity index (χ3v) is 5.23. The van der Waals surface area contributed by atoms with Crippen LogP contribution in [0.25, 0.3) is 5.69 Å². The SMILES string of the molecule is O=C(CSc1nnc(COc2ccccc2F)n1-c1ccccc1)NNC(=O)c1ccco1. The third-order valence-electron chi connectivity index (χ3n) is 4.30. The molecule has 33 heavy (non-hydrogen) atoms. The maximum atomic E-state index is 13.9. The van der Waals surface area contributed by atoms with Crippen molar-refractivity contribution in [3.05, 3.63) is 90.4 Å². The molecule has 2 aromatic heterocycles. The molecule has 0 aliphatic rings. The summed E-state index contributed by atoms with van der Waals surface area (Å²) >= 11 is 1.12. The van der Waals surface area contributed by atoms with E-state index in [0.29, 0.717) is 11.0 Å². The summed E-state index contributed by atoms with van der Waals surface area (Å²) in [5, 5.41) is 8.74. The molecule has 4 rings (SSSR count). The van der Waals surface area contributed by atoms with Crippen LogP contribution in [-0.4, -0.2) is 32.3 Å². The maximum absolute atomic E-state index is 13.9. The van der Waals surface area contributed by atoms with Gasteiger partial charge < -0.3 is 9.15 Å². The van der Waals surface area contributed by atoms with E-state index in [-0.39, 0.29) is 23.9 Å². The fourth-order valence-electron chi connectivity index (χ4n) is 2.79. The highest BCUT2D eigenvalue weighted by Crippen LogP contribution is 2.23. The number of benzene rings is 2. The Morgan fingerprint density at radius 3 is 2.55 bits per heavy atom. The molecule has 0 fully saturated rings. The molecule has 0 aliphatic heterocycles. The molecule has 0 radical (unpaired) electrons. The van der Waals surface area contributed by atoms with Crippen molar-refractivity contribution in [1.82, 2.24) is 25.6 Å². The monoisotopic (exact) mass is 467 g/mol. The van der Waals surface area contributed by atoms with E-state index in [9.17, 15) is 14.0 Å². The highest BCUT2D eigenvalue weighted by atomic mass is 32.2. The summed E-state index contributed by atoms with van der Waals surface area (Å²) < 4.78 is 26.2. The third kappa shape index (κ3) is 5.57. The number of hydrogen-bond acceptors (Lipinski definition) is 7. The molecule has 0 unspecified atom stereocenters. The van der Waals surface area contributed by atoms with E-state index in [1.807, 2.05) is 30.3 Å². The number of carbonyl (C=O) groups excluding carboxylic acids is 2. The molecule has 2 heterocycles. The molecule has 0 atom stereocenters. The smallest absolute Gasteiger partial charge is 0.305 e. The van der Waals surface area contributed by atoms with Crippen molar-refractivity contribution in [2.75, 3.05) is 5.75 Å². The fraction of sp³-hybridized carbons (Fsp3) is 0.0909. The lowest BCUT2D eigenvalue weighted by atomic mass is 10.3. The van der Waals surface area contributed by atoms with Crippen LogP contribution >= 0.6 is 11.8 Å². The quantitative estimate of drug-likeness (QED) is 0.303. The van der Waals surface area contributed by atoms with Crippen LogP contribution in [0.15, 0.2) is 82.6 Å². The van der Waals surface area contributed by atoms with Gasteiger partial charge in [-0.25, -0.2) is 4.39 Å². The summed E-state index contributed by atoms with van der Waals surface area (Å²) in [4.78, 5) is 24.0. The normalized spacial score (nSPS) is 10.6. The van der Waals surface area contributed by atoms with Gasteiger partial charge >= 0.3 is 5.91 Å². The van der Waals surface area contributed by atoms with Crippen LogP contribution in [0.3, 0.4) is 0 Å². The van der Waals surface area contributed by atoms with Crippen molar-refractivity contribution >= 4 is 23.6 Å². The molecule has 9 nitrogen and oxygen atoms in total. The standard InChI is InChI=1S/C22H18FN5O4S/c23-16-9-4-5-10-17(16)32-13-19-24-27-22(28(19)15-7-2-1-3-8-15)33-14-20(29)25-26-21(30)18-11-6-12-31-18/h1-12H,13-14H2,(H,25,29)(H,26,30). The highest BCUT2D eigenvalue weighted by Gasteiger charge is 2.17. The number of amides is 2. The molecule has 2 N–H and O–H groups in total. The molecular weight excluding hydrogens is 449 g/mol. The number of hydrogen-bond donors (Lipinski definition) is 2. The Bertz CT molecular complexity index is 1230. The average molecular weight is 467 g/mol. The zero-order valence-electron chi connectivity index (χ0n) is 17.1. The number of carbonyl (C=O) groups is 2. The molecule has 0 spiro atoms. The van der Waals surface area contributed by atoms with Crippen molar-refractivity contribution in [2.45, 2.75) is 11.8 Å². The minimum absolute atomic E-state index is 0.0329. The Morgan fingerprint density at radius 2 is 1.79 bits per heavy atom. The van der Waals surface area contributed by atoms with E-state index in [2.05, 4.69) is 21.0 Å². The first-order chi connectivity index (χ1) is 16.1. The van der Waals surface area contributed by atoms with Gasteiger partial charge in [-0.15, -0.1) is 10.2 Å². The lowest BCUT2D eigenvalue weighted by Crippen LogP contribution is -2.42. The molecule has 11 heteroatoms. The number of nitrogens with zero attached hydrogens (tertiary/aromatic N) is 3. The van der Waals surface area contributed by atoms with Crippen LogP contribution in [0.4, 0.5) is 4.39 Å². The number of furan rings is 1. The zero-order valence-corrected chi connectivity index (χ0v) is 17.9. The van der Waals surface area contributed by atoms with Gasteiger partial charge in [0.2, 0.25) is 5.91 Å². The van der Waals surface area contributed by atoms with Crippen molar-refractivity contribution in [3.8, 4) is 11.4 Å².